The Bertz CT molecular complexity index is 803. The number of benzene rings is 1. The number of halogens is 2. The summed E-state index contributed by atoms with van der Waals surface area (Å²) in [5, 5.41) is 10.0. The van der Waals surface area contributed by atoms with Crippen LogP contribution in [0.3, 0.4) is 0 Å². The zero-order valence-corrected chi connectivity index (χ0v) is 16.0. The Hall–Kier alpha value is -1.89. The Kier molecular flexibility index (Phi) is 6.58. The molecule has 0 bridgehead atoms. The molecule has 1 aromatic carbocycles. The Balaban J connectivity index is 0.00000225. The van der Waals surface area contributed by atoms with E-state index >= 15 is 0 Å². The van der Waals surface area contributed by atoms with Gasteiger partial charge in [-0.25, -0.2) is 9.07 Å². The average Bonchev–Trinajstić information content (AvgIpc) is 3.18. The van der Waals surface area contributed by atoms with Gasteiger partial charge in [-0.05, 0) is 36.1 Å². The predicted molar refractivity (Wildman–Crippen MR) is 101 cm³/mol. The summed E-state index contributed by atoms with van der Waals surface area (Å²) in [6, 6.07) is 10.7. The first-order valence-electron chi connectivity index (χ1n) is 7.69. The second-order valence-corrected chi connectivity index (χ2v) is 6.56. The lowest BCUT2D eigenvalue weighted by Gasteiger charge is -2.18. The van der Waals surface area contributed by atoms with E-state index in [2.05, 4.69) is 16.5 Å². The molecule has 0 aliphatic heterocycles. The number of aromatic nitrogens is 2. The minimum Gasteiger partial charge on any atom is -0.481 e. The fourth-order valence-electron chi connectivity index (χ4n) is 2.84. The van der Waals surface area contributed by atoms with Crippen LogP contribution in [0.15, 0.2) is 41.8 Å². The molecule has 2 heterocycles. The molecule has 1 N–H and O–H groups in total. The van der Waals surface area contributed by atoms with E-state index in [9.17, 15) is 4.39 Å². The summed E-state index contributed by atoms with van der Waals surface area (Å²) < 4.78 is 20.4. The number of hydrogen-bond donors (Lipinski definition) is 1. The summed E-state index contributed by atoms with van der Waals surface area (Å²) >= 11 is 1.68. The van der Waals surface area contributed by atoms with Crippen molar-refractivity contribution in [3.63, 3.8) is 0 Å². The normalized spacial score (nSPS) is 11.8. The van der Waals surface area contributed by atoms with Crippen molar-refractivity contribution in [3.05, 3.63) is 69.3 Å². The van der Waals surface area contributed by atoms with Gasteiger partial charge in [-0.3, -0.25) is 0 Å². The molecule has 25 heavy (non-hydrogen) atoms. The van der Waals surface area contributed by atoms with Gasteiger partial charge in [-0.2, -0.15) is 5.10 Å². The van der Waals surface area contributed by atoms with Crippen molar-refractivity contribution in [1.82, 2.24) is 15.1 Å². The van der Waals surface area contributed by atoms with Crippen molar-refractivity contribution >= 4 is 23.7 Å². The molecule has 4 nitrogen and oxygen atoms in total. The molecule has 0 radical (unpaired) electrons. The number of nitrogens with one attached hydrogen (secondary N) is 1. The van der Waals surface area contributed by atoms with Gasteiger partial charge in [-0.1, -0.05) is 18.2 Å². The van der Waals surface area contributed by atoms with Crippen LogP contribution in [-0.2, 0) is 13.6 Å². The second-order valence-electron chi connectivity index (χ2n) is 5.58. The SMILES string of the molecule is COc1c(CNC(c2ccc(F)cc2)c2cccs2)c(C)nn1C.Cl. The number of ether oxygens (including phenoxy) is 1. The number of thiophene rings is 1. The molecule has 0 aliphatic rings. The minimum absolute atomic E-state index is 0. The van der Waals surface area contributed by atoms with Crippen molar-refractivity contribution in [1.29, 1.82) is 0 Å². The summed E-state index contributed by atoms with van der Waals surface area (Å²) in [5.74, 6) is 0.525. The fraction of sp³-hybridized carbons (Fsp3) is 0.278. The van der Waals surface area contributed by atoms with Crippen LogP contribution in [0.4, 0.5) is 4.39 Å². The van der Waals surface area contributed by atoms with E-state index in [4.69, 9.17) is 4.74 Å². The quantitative estimate of drug-likeness (QED) is 0.694. The summed E-state index contributed by atoms with van der Waals surface area (Å²) in [6.07, 6.45) is 0. The molecule has 0 amide bonds. The molecule has 1 unspecified atom stereocenters. The highest BCUT2D eigenvalue weighted by Gasteiger charge is 2.19. The van der Waals surface area contributed by atoms with E-state index in [0.29, 0.717) is 6.54 Å². The van der Waals surface area contributed by atoms with Crippen LogP contribution in [0, 0.1) is 12.7 Å². The van der Waals surface area contributed by atoms with Gasteiger partial charge in [-0.15, -0.1) is 23.7 Å². The van der Waals surface area contributed by atoms with Crippen molar-refractivity contribution < 1.29 is 9.13 Å². The lowest BCUT2D eigenvalue weighted by molar-refractivity contribution is 0.367. The van der Waals surface area contributed by atoms with E-state index in [-0.39, 0.29) is 24.3 Å². The first-order valence-corrected chi connectivity index (χ1v) is 8.57. The molecule has 0 aliphatic carbocycles. The van der Waals surface area contributed by atoms with Crippen LogP contribution >= 0.6 is 23.7 Å². The van der Waals surface area contributed by atoms with Gasteiger partial charge in [0.1, 0.15) is 5.82 Å². The first kappa shape index (κ1) is 19.4. The maximum absolute atomic E-state index is 13.3. The molecule has 7 heteroatoms. The lowest BCUT2D eigenvalue weighted by atomic mass is 10.0. The topological polar surface area (TPSA) is 39.1 Å². The highest BCUT2D eigenvalue weighted by atomic mass is 35.5. The van der Waals surface area contributed by atoms with Crippen molar-refractivity contribution in [3.8, 4) is 5.88 Å². The van der Waals surface area contributed by atoms with Crippen LogP contribution in [0.5, 0.6) is 5.88 Å². The molecule has 0 saturated carbocycles. The van der Waals surface area contributed by atoms with Gasteiger partial charge >= 0.3 is 0 Å². The number of hydrogen-bond acceptors (Lipinski definition) is 4. The average molecular weight is 382 g/mol. The molecule has 0 fully saturated rings. The molecular weight excluding hydrogens is 361 g/mol. The molecule has 2 aromatic heterocycles. The predicted octanol–water partition coefficient (Wildman–Crippen LogP) is 4.24. The van der Waals surface area contributed by atoms with Gasteiger partial charge in [0.15, 0.2) is 0 Å². The molecule has 1 atom stereocenters. The largest absolute Gasteiger partial charge is 0.481 e. The molecule has 3 rings (SSSR count). The van der Waals surface area contributed by atoms with Gasteiger partial charge in [0.2, 0.25) is 5.88 Å². The number of nitrogens with zero attached hydrogens (tertiary/aromatic N) is 2. The third-order valence-corrected chi connectivity index (χ3v) is 4.93. The second kappa shape index (κ2) is 8.47. The van der Waals surface area contributed by atoms with Crippen LogP contribution in [0.1, 0.15) is 27.7 Å². The number of rotatable bonds is 6. The number of aryl methyl sites for hydroxylation is 2. The van der Waals surface area contributed by atoms with E-state index in [1.54, 1.807) is 23.1 Å². The van der Waals surface area contributed by atoms with Crippen molar-refractivity contribution in [2.75, 3.05) is 7.11 Å². The molecule has 0 saturated heterocycles. The highest BCUT2D eigenvalue weighted by molar-refractivity contribution is 7.10. The minimum atomic E-state index is -0.228. The van der Waals surface area contributed by atoms with Gasteiger partial charge in [0.05, 0.1) is 24.4 Å². The van der Waals surface area contributed by atoms with Crippen LogP contribution < -0.4 is 10.1 Å². The standard InChI is InChI=1S/C18H20FN3OS.ClH/c1-12-15(18(23-3)22(2)21-12)11-20-17(16-5-4-10-24-16)13-6-8-14(19)9-7-13;/h4-10,17,20H,11H2,1-3H3;1H. The Labute approximate surface area is 157 Å². The lowest BCUT2D eigenvalue weighted by Crippen LogP contribution is -2.21. The molecule has 134 valence electrons. The molecular formula is C18H21ClFN3OS. The number of methoxy groups -OCH3 is 1. The molecule has 3 aromatic rings. The Morgan fingerprint density at radius 1 is 1.28 bits per heavy atom. The summed E-state index contributed by atoms with van der Waals surface area (Å²) in [7, 11) is 3.52. The van der Waals surface area contributed by atoms with Crippen LogP contribution in [0.25, 0.3) is 0 Å². The van der Waals surface area contributed by atoms with E-state index in [0.717, 1.165) is 22.7 Å². The summed E-state index contributed by atoms with van der Waals surface area (Å²) in [4.78, 5) is 1.18. The smallest absolute Gasteiger partial charge is 0.216 e. The maximum atomic E-state index is 13.3. The maximum Gasteiger partial charge on any atom is 0.216 e. The fourth-order valence-corrected chi connectivity index (χ4v) is 3.66. The Morgan fingerprint density at radius 2 is 2.00 bits per heavy atom. The van der Waals surface area contributed by atoms with Crippen LogP contribution in [0.2, 0.25) is 0 Å². The monoisotopic (exact) mass is 381 g/mol. The third kappa shape index (κ3) is 4.21. The van der Waals surface area contributed by atoms with Gasteiger partial charge in [0, 0.05) is 18.5 Å². The van der Waals surface area contributed by atoms with Gasteiger partial charge < -0.3 is 10.1 Å². The Morgan fingerprint density at radius 3 is 2.60 bits per heavy atom. The van der Waals surface area contributed by atoms with E-state index in [1.165, 1.54) is 17.0 Å². The van der Waals surface area contributed by atoms with E-state index in [1.807, 2.05) is 37.6 Å². The van der Waals surface area contributed by atoms with Crippen molar-refractivity contribution in [2.24, 2.45) is 7.05 Å². The third-order valence-electron chi connectivity index (χ3n) is 4.00. The summed E-state index contributed by atoms with van der Waals surface area (Å²) in [5.41, 5.74) is 2.99. The van der Waals surface area contributed by atoms with E-state index < -0.39 is 0 Å². The first-order chi connectivity index (χ1) is 11.6. The van der Waals surface area contributed by atoms with Gasteiger partial charge in [0.25, 0.3) is 0 Å². The van der Waals surface area contributed by atoms with Crippen LogP contribution in [-0.4, -0.2) is 16.9 Å². The highest BCUT2D eigenvalue weighted by Crippen LogP contribution is 2.28. The summed E-state index contributed by atoms with van der Waals surface area (Å²) in [6.45, 7) is 2.58. The molecule has 0 spiro atoms. The zero-order valence-electron chi connectivity index (χ0n) is 14.3. The zero-order chi connectivity index (χ0) is 17.1. The van der Waals surface area contributed by atoms with Crippen molar-refractivity contribution in [2.45, 2.75) is 19.5 Å².